The van der Waals surface area contributed by atoms with E-state index in [4.69, 9.17) is 9.15 Å². The molecule has 1 heterocycles. The zero-order valence-electron chi connectivity index (χ0n) is 13.7. The number of fused-ring (bicyclic) bond motifs is 1. The summed E-state index contributed by atoms with van der Waals surface area (Å²) in [7, 11) is 1.65. The molecular formula is C22H15NO2. The van der Waals surface area contributed by atoms with E-state index in [1.54, 1.807) is 7.11 Å². The van der Waals surface area contributed by atoms with E-state index >= 15 is 0 Å². The van der Waals surface area contributed by atoms with Crippen molar-refractivity contribution in [2.45, 2.75) is 0 Å². The van der Waals surface area contributed by atoms with Gasteiger partial charge in [-0.15, -0.1) is 0 Å². The van der Waals surface area contributed by atoms with Crippen molar-refractivity contribution in [1.82, 2.24) is 4.98 Å². The minimum atomic E-state index is 0.621. The maximum absolute atomic E-state index is 5.79. The quantitative estimate of drug-likeness (QED) is 0.492. The average molecular weight is 325 g/mol. The Kier molecular flexibility index (Phi) is 3.94. The molecule has 0 spiro atoms. The number of hydrogen-bond donors (Lipinski definition) is 0. The fraction of sp³-hybridized carbons (Fsp3) is 0.0455. The van der Waals surface area contributed by atoms with Gasteiger partial charge in [0.25, 0.3) is 0 Å². The smallest absolute Gasteiger partial charge is 0.227 e. The molecular weight excluding hydrogens is 310 g/mol. The van der Waals surface area contributed by atoms with Gasteiger partial charge in [0.1, 0.15) is 11.3 Å². The standard InChI is InChI=1S/C22H15NO2/c1-24-19-14-10-17(11-15-19)7-6-16-8-12-18(13-9-16)22-23-20-4-2-3-5-21(20)25-22/h2-5,8-15H,1H3. The summed E-state index contributed by atoms with van der Waals surface area (Å²) in [5, 5.41) is 0. The van der Waals surface area contributed by atoms with E-state index in [0.29, 0.717) is 5.89 Å². The van der Waals surface area contributed by atoms with Gasteiger partial charge in [-0.2, -0.15) is 0 Å². The van der Waals surface area contributed by atoms with Crippen LogP contribution in [0.5, 0.6) is 5.75 Å². The molecule has 0 unspecified atom stereocenters. The van der Waals surface area contributed by atoms with Crippen LogP contribution in [0.25, 0.3) is 22.6 Å². The highest BCUT2D eigenvalue weighted by Gasteiger charge is 2.06. The summed E-state index contributed by atoms with van der Waals surface area (Å²) in [5.74, 6) is 7.76. The molecule has 0 aliphatic heterocycles. The summed E-state index contributed by atoms with van der Waals surface area (Å²) in [6.07, 6.45) is 0. The lowest BCUT2D eigenvalue weighted by atomic mass is 10.1. The normalized spacial score (nSPS) is 10.3. The predicted octanol–water partition coefficient (Wildman–Crippen LogP) is 4.90. The maximum atomic E-state index is 5.79. The van der Waals surface area contributed by atoms with Crippen molar-refractivity contribution in [3.8, 4) is 29.0 Å². The first-order valence-electron chi connectivity index (χ1n) is 7.94. The minimum Gasteiger partial charge on any atom is -0.497 e. The summed E-state index contributed by atoms with van der Waals surface area (Å²) in [5.41, 5.74) is 4.48. The molecule has 4 aromatic rings. The van der Waals surface area contributed by atoms with E-state index < -0.39 is 0 Å². The van der Waals surface area contributed by atoms with Crippen LogP contribution in [0.1, 0.15) is 11.1 Å². The summed E-state index contributed by atoms with van der Waals surface area (Å²) in [6, 6.07) is 23.3. The van der Waals surface area contributed by atoms with E-state index in [1.807, 2.05) is 72.8 Å². The molecule has 0 bridgehead atoms. The molecule has 0 saturated carbocycles. The number of nitrogens with zero attached hydrogens (tertiary/aromatic N) is 1. The van der Waals surface area contributed by atoms with E-state index in [9.17, 15) is 0 Å². The van der Waals surface area contributed by atoms with Gasteiger partial charge >= 0.3 is 0 Å². The van der Waals surface area contributed by atoms with E-state index in [2.05, 4.69) is 16.8 Å². The van der Waals surface area contributed by atoms with E-state index in [-0.39, 0.29) is 0 Å². The number of rotatable bonds is 2. The largest absolute Gasteiger partial charge is 0.497 e. The second-order valence-corrected chi connectivity index (χ2v) is 5.54. The second kappa shape index (κ2) is 6.54. The zero-order valence-corrected chi connectivity index (χ0v) is 13.7. The molecule has 0 N–H and O–H groups in total. The van der Waals surface area contributed by atoms with Gasteiger partial charge in [-0.25, -0.2) is 4.98 Å². The van der Waals surface area contributed by atoms with Gasteiger partial charge in [-0.3, -0.25) is 0 Å². The fourth-order valence-corrected chi connectivity index (χ4v) is 2.51. The number of para-hydroxylation sites is 2. The molecule has 3 heteroatoms. The van der Waals surface area contributed by atoms with Crippen molar-refractivity contribution in [2.75, 3.05) is 7.11 Å². The molecule has 3 aromatic carbocycles. The molecule has 4 rings (SSSR count). The van der Waals surface area contributed by atoms with Gasteiger partial charge in [-0.1, -0.05) is 24.0 Å². The van der Waals surface area contributed by atoms with E-state index in [0.717, 1.165) is 33.5 Å². The maximum Gasteiger partial charge on any atom is 0.227 e. The van der Waals surface area contributed by atoms with Crippen molar-refractivity contribution >= 4 is 11.1 Å². The lowest BCUT2D eigenvalue weighted by molar-refractivity contribution is 0.415. The summed E-state index contributed by atoms with van der Waals surface area (Å²) >= 11 is 0. The van der Waals surface area contributed by atoms with Crippen LogP contribution < -0.4 is 4.74 Å². The first-order valence-corrected chi connectivity index (χ1v) is 7.94. The van der Waals surface area contributed by atoms with Crippen LogP contribution in [0.4, 0.5) is 0 Å². The van der Waals surface area contributed by atoms with Crippen LogP contribution in [-0.4, -0.2) is 12.1 Å². The number of aromatic nitrogens is 1. The Bertz CT molecular complexity index is 1030. The topological polar surface area (TPSA) is 35.3 Å². The Labute approximate surface area is 145 Å². The van der Waals surface area contributed by atoms with Gasteiger partial charge in [0.05, 0.1) is 7.11 Å². The number of oxazole rings is 1. The third-order valence-corrected chi connectivity index (χ3v) is 3.87. The van der Waals surface area contributed by atoms with Gasteiger partial charge in [0, 0.05) is 16.7 Å². The highest BCUT2D eigenvalue weighted by molar-refractivity contribution is 5.76. The Morgan fingerprint density at radius 3 is 2.08 bits per heavy atom. The van der Waals surface area contributed by atoms with Crippen LogP contribution >= 0.6 is 0 Å². The summed E-state index contributed by atoms with van der Waals surface area (Å²) < 4.78 is 10.9. The molecule has 0 aliphatic rings. The SMILES string of the molecule is COc1ccc(C#Cc2ccc(-c3nc4ccccc4o3)cc2)cc1. The Hall–Kier alpha value is -3.51. The van der Waals surface area contributed by atoms with Crippen molar-refractivity contribution in [3.63, 3.8) is 0 Å². The van der Waals surface area contributed by atoms with Crippen molar-refractivity contribution < 1.29 is 9.15 Å². The van der Waals surface area contributed by atoms with Crippen LogP contribution in [-0.2, 0) is 0 Å². The van der Waals surface area contributed by atoms with Crippen LogP contribution in [0.15, 0.2) is 77.2 Å². The highest BCUT2D eigenvalue weighted by atomic mass is 16.5. The van der Waals surface area contributed by atoms with Crippen LogP contribution in [0.3, 0.4) is 0 Å². The molecule has 0 amide bonds. The van der Waals surface area contributed by atoms with Gasteiger partial charge < -0.3 is 9.15 Å². The molecule has 0 aliphatic carbocycles. The third-order valence-electron chi connectivity index (χ3n) is 3.87. The monoisotopic (exact) mass is 325 g/mol. The average Bonchev–Trinajstić information content (AvgIpc) is 3.11. The van der Waals surface area contributed by atoms with Gasteiger partial charge in [0.15, 0.2) is 5.58 Å². The lowest BCUT2D eigenvalue weighted by Gasteiger charge is -1.98. The molecule has 0 radical (unpaired) electrons. The molecule has 120 valence electrons. The van der Waals surface area contributed by atoms with Crippen LogP contribution in [0.2, 0.25) is 0 Å². The van der Waals surface area contributed by atoms with Crippen molar-refractivity contribution in [1.29, 1.82) is 0 Å². The molecule has 25 heavy (non-hydrogen) atoms. The molecule has 0 fully saturated rings. The summed E-state index contributed by atoms with van der Waals surface area (Å²) in [6.45, 7) is 0. The Balaban J connectivity index is 1.56. The van der Waals surface area contributed by atoms with Gasteiger partial charge in [-0.05, 0) is 60.7 Å². The first kappa shape index (κ1) is 15.0. The minimum absolute atomic E-state index is 0.621. The molecule has 1 aromatic heterocycles. The molecule has 3 nitrogen and oxygen atoms in total. The number of benzene rings is 3. The van der Waals surface area contributed by atoms with Crippen molar-refractivity contribution in [3.05, 3.63) is 83.9 Å². The number of methoxy groups -OCH3 is 1. The number of hydrogen-bond acceptors (Lipinski definition) is 3. The van der Waals surface area contributed by atoms with Gasteiger partial charge in [0.2, 0.25) is 5.89 Å². The van der Waals surface area contributed by atoms with E-state index in [1.165, 1.54) is 0 Å². The second-order valence-electron chi connectivity index (χ2n) is 5.54. The number of ether oxygens (including phenoxy) is 1. The predicted molar refractivity (Wildman–Crippen MR) is 98.4 cm³/mol. The highest BCUT2D eigenvalue weighted by Crippen LogP contribution is 2.24. The Morgan fingerprint density at radius 2 is 1.44 bits per heavy atom. The van der Waals surface area contributed by atoms with Crippen LogP contribution in [0, 0.1) is 11.8 Å². The fourth-order valence-electron chi connectivity index (χ4n) is 2.51. The van der Waals surface area contributed by atoms with Crippen molar-refractivity contribution in [2.24, 2.45) is 0 Å². The Morgan fingerprint density at radius 1 is 0.800 bits per heavy atom. The third kappa shape index (κ3) is 3.24. The zero-order chi connectivity index (χ0) is 17.1. The first-order chi connectivity index (χ1) is 12.3. The lowest BCUT2D eigenvalue weighted by Crippen LogP contribution is -1.82. The molecule has 0 saturated heterocycles. The molecule has 0 atom stereocenters. The summed E-state index contributed by atoms with van der Waals surface area (Å²) in [4.78, 5) is 4.51.